The van der Waals surface area contributed by atoms with Crippen molar-refractivity contribution in [1.82, 2.24) is 14.8 Å². The highest BCUT2D eigenvalue weighted by atomic mass is 19.3. The van der Waals surface area contributed by atoms with E-state index in [-0.39, 0.29) is 18.8 Å². The molecule has 8 nitrogen and oxygen atoms in total. The Kier molecular flexibility index (Phi) is 6.60. The van der Waals surface area contributed by atoms with Gasteiger partial charge >= 0.3 is 12.6 Å². The number of ether oxygens (including phenoxy) is 3. The predicted octanol–water partition coefficient (Wildman–Crippen LogP) is 3.32. The number of rotatable bonds is 8. The Labute approximate surface area is 183 Å². The Morgan fingerprint density at radius 3 is 2.59 bits per heavy atom. The maximum Gasteiger partial charge on any atom is 0.345 e. The molecule has 1 aliphatic heterocycles. The number of hydrogen-bond acceptors (Lipinski definition) is 7. The molecule has 0 amide bonds. The smallest absolute Gasteiger partial charge is 0.345 e. The lowest BCUT2D eigenvalue weighted by Crippen LogP contribution is -2.34. The van der Waals surface area contributed by atoms with E-state index in [2.05, 4.69) is 14.8 Å². The van der Waals surface area contributed by atoms with E-state index in [9.17, 15) is 13.6 Å². The standard InChI is InChI=1S/C22H22F2N4O4/c1-30-21(29)15-3-5-16(6-4-15)27-13-19(11-18(27)14-31-22(23)24)32-20-8-7-17(12-25-20)28-10-2-9-26-28/h2-10,12,18-19,22H,11,13-14H2,1H3/t18-,19-/m0/s1. The van der Waals surface area contributed by atoms with Crippen molar-refractivity contribution in [1.29, 1.82) is 0 Å². The number of carbonyl (C=O) groups is 1. The fraction of sp³-hybridized carbons (Fsp3) is 0.318. The van der Waals surface area contributed by atoms with Crippen molar-refractivity contribution in [2.75, 3.05) is 25.2 Å². The van der Waals surface area contributed by atoms with Crippen molar-refractivity contribution in [3.05, 3.63) is 66.6 Å². The van der Waals surface area contributed by atoms with Crippen molar-refractivity contribution < 1.29 is 27.8 Å². The van der Waals surface area contributed by atoms with Crippen LogP contribution in [0.5, 0.6) is 5.88 Å². The number of alkyl halides is 2. The largest absolute Gasteiger partial charge is 0.472 e. The minimum atomic E-state index is -2.85. The van der Waals surface area contributed by atoms with Crippen LogP contribution in [0.4, 0.5) is 14.5 Å². The number of pyridine rings is 1. The number of benzene rings is 1. The fourth-order valence-corrected chi connectivity index (χ4v) is 3.69. The molecule has 3 heterocycles. The molecule has 0 aliphatic carbocycles. The lowest BCUT2D eigenvalue weighted by Gasteiger charge is -2.26. The fourth-order valence-electron chi connectivity index (χ4n) is 3.69. The van der Waals surface area contributed by atoms with Gasteiger partial charge in [0.1, 0.15) is 6.10 Å². The molecule has 4 rings (SSSR count). The Balaban J connectivity index is 1.46. The second-order valence-corrected chi connectivity index (χ2v) is 7.22. The Morgan fingerprint density at radius 2 is 1.97 bits per heavy atom. The zero-order valence-corrected chi connectivity index (χ0v) is 17.3. The van der Waals surface area contributed by atoms with Crippen LogP contribution in [0.25, 0.3) is 5.69 Å². The van der Waals surface area contributed by atoms with Gasteiger partial charge in [0.25, 0.3) is 0 Å². The first-order valence-electron chi connectivity index (χ1n) is 10.0. The van der Waals surface area contributed by atoms with Gasteiger partial charge in [-0.05, 0) is 36.4 Å². The molecule has 0 unspecified atom stereocenters. The summed E-state index contributed by atoms with van der Waals surface area (Å²) in [6.07, 6.45) is 5.35. The van der Waals surface area contributed by atoms with Gasteiger partial charge in [0.2, 0.25) is 5.88 Å². The molecule has 0 spiro atoms. The van der Waals surface area contributed by atoms with Crippen LogP contribution >= 0.6 is 0 Å². The Bertz CT molecular complexity index is 1010. The molecule has 168 valence electrons. The first-order valence-corrected chi connectivity index (χ1v) is 10.0. The van der Waals surface area contributed by atoms with Crippen LogP contribution in [0.3, 0.4) is 0 Å². The summed E-state index contributed by atoms with van der Waals surface area (Å²) < 4.78 is 42.3. The number of hydrogen-bond donors (Lipinski definition) is 0. The van der Waals surface area contributed by atoms with Gasteiger partial charge in [-0.1, -0.05) is 0 Å². The number of halogens is 2. The van der Waals surface area contributed by atoms with E-state index >= 15 is 0 Å². The van der Waals surface area contributed by atoms with Gasteiger partial charge in [-0.3, -0.25) is 0 Å². The maximum atomic E-state index is 12.7. The molecule has 0 bridgehead atoms. The normalized spacial score (nSPS) is 18.2. The second kappa shape index (κ2) is 9.73. The van der Waals surface area contributed by atoms with Gasteiger partial charge in [0.15, 0.2) is 0 Å². The summed E-state index contributed by atoms with van der Waals surface area (Å²) in [6, 6.07) is 11.9. The van der Waals surface area contributed by atoms with E-state index in [1.54, 1.807) is 47.4 Å². The molecule has 2 aromatic heterocycles. The Hall–Kier alpha value is -3.53. The van der Waals surface area contributed by atoms with Crippen LogP contribution in [-0.4, -0.2) is 59.8 Å². The van der Waals surface area contributed by atoms with Crippen LogP contribution in [-0.2, 0) is 9.47 Å². The van der Waals surface area contributed by atoms with E-state index in [4.69, 9.17) is 9.47 Å². The molecule has 32 heavy (non-hydrogen) atoms. The monoisotopic (exact) mass is 444 g/mol. The average molecular weight is 444 g/mol. The molecule has 1 aliphatic rings. The first kappa shape index (κ1) is 21.7. The quantitative estimate of drug-likeness (QED) is 0.493. The minimum Gasteiger partial charge on any atom is -0.472 e. The molecular formula is C22H22F2N4O4. The van der Waals surface area contributed by atoms with Crippen molar-refractivity contribution in [2.45, 2.75) is 25.2 Å². The number of esters is 1. The highest BCUT2D eigenvalue weighted by molar-refractivity contribution is 5.89. The third-order valence-electron chi connectivity index (χ3n) is 5.19. The topological polar surface area (TPSA) is 78.7 Å². The summed E-state index contributed by atoms with van der Waals surface area (Å²) in [6.45, 7) is -2.55. The molecular weight excluding hydrogens is 422 g/mol. The molecule has 0 saturated carbocycles. The van der Waals surface area contributed by atoms with E-state index in [1.165, 1.54) is 7.11 Å². The van der Waals surface area contributed by atoms with E-state index in [1.807, 2.05) is 23.2 Å². The van der Waals surface area contributed by atoms with Crippen LogP contribution in [0.2, 0.25) is 0 Å². The number of anilines is 1. The summed E-state index contributed by atoms with van der Waals surface area (Å²) in [5.41, 5.74) is 1.98. The van der Waals surface area contributed by atoms with Crippen molar-refractivity contribution in [2.24, 2.45) is 0 Å². The van der Waals surface area contributed by atoms with Gasteiger partial charge in [-0.2, -0.15) is 13.9 Å². The summed E-state index contributed by atoms with van der Waals surface area (Å²) in [7, 11) is 1.31. The van der Waals surface area contributed by atoms with Gasteiger partial charge in [0.05, 0.1) is 43.8 Å². The number of carbonyl (C=O) groups excluding carboxylic acids is 1. The van der Waals surface area contributed by atoms with E-state index < -0.39 is 12.6 Å². The number of nitrogens with zero attached hydrogens (tertiary/aromatic N) is 4. The molecule has 1 fully saturated rings. The second-order valence-electron chi connectivity index (χ2n) is 7.22. The van der Waals surface area contributed by atoms with Gasteiger partial charge in [0, 0.05) is 30.6 Å². The molecule has 10 heteroatoms. The average Bonchev–Trinajstić information content (AvgIpc) is 3.48. The third-order valence-corrected chi connectivity index (χ3v) is 5.19. The van der Waals surface area contributed by atoms with Gasteiger partial charge < -0.3 is 19.1 Å². The summed E-state index contributed by atoms with van der Waals surface area (Å²) in [4.78, 5) is 17.9. The molecule has 3 aromatic rings. The number of aromatic nitrogens is 3. The molecule has 0 radical (unpaired) electrons. The lowest BCUT2D eigenvalue weighted by atomic mass is 10.1. The highest BCUT2D eigenvalue weighted by Crippen LogP contribution is 2.29. The van der Waals surface area contributed by atoms with Crippen molar-refractivity contribution in [3.63, 3.8) is 0 Å². The maximum absolute atomic E-state index is 12.7. The van der Waals surface area contributed by atoms with Gasteiger partial charge in [-0.25, -0.2) is 14.5 Å². The zero-order chi connectivity index (χ0) is 22.5. The van der Waals surface area contributed by atoms with Crippen LogP contribution in [0.1, 0.15) is 16.8 Å². The van der Waals surface area contributed by atoms with E-state index in [0.29, 0.717) is 24.4 Å². The highest BCUT2D eigenvalue weighted by Gasteiger charge is 2.34. The summed E-state index contributed by atoms with van der Waals surface area (Å²) in [5, 5.41) is 4.16. The predicted molar refractivity (Wildman–Crippen MR) is 111 cm³/mol. The molecule has 1 saturated heterocycles. The lowest BCUT2D eigenvalue weighted by molar-refractivity contribution is -0.131. The molecule has 0 N–H and O–H groups in total. The Morgan fingerprint density at radius 1 is 1.19 bits per heavy atom. The minimum absolute atomic E-state index is 0.151. The molecule has 1 aromatic carbocycles. The third kappa shape index (κ3) is 5.02. The van der Waals surface area contributed by atoms with Crippen molar-refractivity contribution in [3.8, 4) is 11.6 Å². The first-order chi connectivity index (χ1) is 15.5. The summed E-state index contributed by atoms with van der Waals surface area (Å²) in [5.74, 6) is -0.0104. The van der Waals surface area contributed by atoms with Crippen LogP contribution in [0, 0.1) is 0 Å². The van der Waals surface area contributed by atoms with Crippen LogP contribution < -0.4 is 9.64 Å². The van der Waals surface area contributed by atoms with Crippen LogP contribution in [0.15, 0.2) is 61.1 Å². The molecule has 2 atom stereocenters. The SMILES string of the molecule is COC(=O)c1ccc(N2C[C@@H](Oc3ccc(-n4cccn4)cn3)C[C@H]2COC(F)F)cc1. The van der Waals surface area contributed by atoms with Crippen molar-refractivity contribution >= 4 is 11.7 Å². The zero-order valence-electron chi connectivity index (χ0n) is 17.3. The van der Waals surface area contributed by atoms with E-state index in [0.717, 1.165) is 11.4 Å². The summed E-state index contributed by atoms with van der Waals surface area (Å²) >= 11 is 0. The number of methoxy groups -OCH3 is 1. The van der Waals surface area contributed by atoms with Gasteiger partial charge in [-0.15, -0.1) is 0 Å².